The van der Waals surface area contributed by atoms with Crippen LogP contribution in [0.15, 0.2) is 11.6 Å². The smallest absolute Gasteiger partial charge is 0.000439 e. The second-order valence-corrected chi connectivity index (χ2v) is 5.28. The molecule has 0 aliphatic carbocycles. The highest BCUT2D eigenvalue weighted by Crippen LogP contribution is 2.20. The van der Waals surface area contributed by atoms with E-state index in [1.165, 1.54) is 38.0 Å². The average molecular weight is 195 g/mol. The van der Waals surface area contributed by atoms with Gasteiger partial charge in [-0.05, 0) is 51.6 Å². The molecular formula is C13H25N. The fourth-order valence-corrected chi connectivity index (χ4v) is 2.29. The summed E-state index contributed by atoms with van der Waals surface area (Å²) >= 11 is 0. The van der Waals surface area contributed by atoms with Crippen LogP contribution in [0.25, 0.3) is 0 Å². The van der Waals surface area contributed by atoms with Crippen LogP contribution in [0.4, 0.5) is 0 Å². The highest BCUT2D eigenvalue weighted by atomic mass is 15.1. The van der Waals surface area contributed by atoms with E-state index in [0.29, 0.717) is 0 Å². The molecule has 0 bridgehead atoms. The Morgan fingerprint density at radius 2 is 1.86 bits per heavy atom. The molecule has 0 saturated carbocycles. The molecule has 1 heterocycles. The van der Waals surface area contributed by atoms with E-state index in [1.54, 1.807) is 0 Å². The van der Waals surface area contributed by atoms with Crippen molar-refractivity contribution < 1.29 is 0 Å². The van der Waals surface area contributed by atoms with E-state index in [1.807, 2.05) is 0 Å². The molecular weight excluding hydrogens is 170 g/mol. The van der Waals surface area contributed by atoms with Crippen LogP contribution < -0.4 is 0 Å². The van der Waals surface area contributed by atoms with Gasteiger partial charge in [-0.1, -0.05) is 25.5 Å². The van der Waals surface area contributed by atoms with E-state index >= 15 is 0 Å². The number of hydrogen-bond acceptors (Lipinski definition) is 1. The van der Waals surface area contributed by atoms with Gasteiger partial charge in [0.15, 0.2) is 0 Å². The maximum absolute atomic E-state index is 2.61. The number of rotatable bonds is 3. The molecule has 82 valence electrons. The molecule has 0 N–H and O–H groups in total. The van der Waals surface area contributed by atoms with Crippen molar-refractivity contribution in [2.45, 2.75) is 40.5 Å². The fraction of sp³-hybridized carbons (Fsp3) is 0.846. The van der Waals surface area contributed by atoms with E-state index in [-0.39, 0.29) is 0 Å². The third kappa shape index (κ3) is 4.28. The summed E-state index contributed by atoms with van der Waals surface area (Å²) in [4.78, 5) is 2.61. The Bertz CT molecular complexity index is 181. The number of nitrogens with zero attached hydrogens (tertiary/aromatic N) is 1. The Kier molecular flexibility index (Phi) is 4.67. The van der Waals surface area contributed by atoms with E-state index in [2.05, 4.69) is 38.7 Å². The van der Waals surface area contributed by atoms with Gasteiger partial charge < -0.3 is 4.90 Å². The first-order chi connectivity index (χ1) is 6.58. The lowest BCUT2D eigenvalue weighted by atomic mass is 9.94. The molecule has 0 atom stereocenters. The predicted octanol–water partition coefficient (Wildman–Crippen LogP) is 3.32. The number of allylic oxidation sites excluding steroid dienone is 2. The average Bonchev–Trinajstić information content (AvgIpc) is 2.06. The van der Waals surface area contributed by atoms with Crippen molar-refractivity contribution in [3.8, 4) is 0 Å². The van der Waals surface area contributed by atoms with Crippen LogP contribution in [0.3, 0.4) is 0 Å². The lowest BCUT2D eigenvalue weighted by molar-refractivity contribution is 0.184. The minimum atomic E-state index is 0.815. The SMILES string of the molecule is CC(C)=CC1CCN(CC(C)C)CC1. The topological polar surface area (TPSA) is 3.24 Å². The van der Waals surface area contributed by atoms with Gasteiger partial charge >= 0.3 is 0 Å². The van der Waals surface area contributed by atoms with Crippen molar-refractivity contribution in [1.82, 2.24) is 4.90 Å². The lowest BCUT2D eigenvalue weighted by Crippen LogP contribution is -2.35. The summed E-state index contributed by atoms with van der Waals surface area (Å²) in [6.45, 7) is 12.9. The molecule has 14 heavy (non-hydrogen) atoms. The van der Waals surface area contributed by atoms with Crippen LogP contribution in [0.5, 0.6) is 0 Å². The number of hydrogen-bond donors (Lipinski definition) is 0. The van der Waals surface area contributed by atoms with Crippen LogP contribution in [-0.2, 0) is 0 Å². The molecule has 0 aromatic rings. The standard InChI is InChI=1S/C13H25N/c1-11(2)9-13-5-7-14(8-6-13)10-12(3)4/h9,12-13H,5-8,10H2,1-4H3. The van der Waals surface area contributed by atoms with Crippen molar-refractivity contribution in [2.24, 2.45) is 11.8 Å². The first kappa shape index (κ1) is 11.8. The summed E-state index contributed by atoms with van der Waals surface area (Å²) < 4.78 is 0. The Morgan fingerprint density at radius 1 is 1.29 bits per heavy atom. The summed E-state index contributed by atoms with van der Waals surface area (Å²) in [6.07, 6.45) is 5.17. The van der Waals surface area contributed by atoms with Gasteiger partial charge in [0, 0.05) is 6.54 Å². The normalized spacial score (nSPS) is 20.1. The second kappa shape index (κ2) is 5.55. The van der Waals surface area contributed by atoms with Gasteiger partial charge in [-0.25, -0.2) is 0 Å². The molecule has 1 fully saturated rings. The van der Waals surface area contributed by atoms with Crippen molar-refractivity contribution in [3.63, 3.8) is 0 Å². The molecule has 1 nitrogen and oxygen atoms in total. The quantitative estimate of drug-likeness (QED) is 0.624. The summed E-state index contributed by atoms with van der Waals surface area (Å²) in [5.41, 5.74) is 1.48. The van der Waals surface area contributed by atoms with Gasteiger partial charge in [0.05, 0.1) is 0 Å². The van der Waals surface area contributed by atoms with Crippen LogP contribution in [0.1, 0.15) is 40.5 Å². The minimum Gasteiger partial charge on any atom is -0.303 e. The first-order valence-electron chi connectivity index (χ1n) is 5.95. The van der Waals surface area contributed by atoms with Crippen molar-refractivity contribution in [3.05, 3.63) is 11.6 Å². The lowest BCUT2D eigenvalue weighted by Gasteiger charge is -2.31. The fourth-order valence-electron chi connectivity index (χ4n) is 2.29. The van der Waals surface area contributed by atoms with Gasteiger partial charge in [0.1, 0.15) is 0 Å². The molecule has 0 amide bonds. The Labute approximate surface area is 89.2 Å². The van der Waals surface area contributed by atoms with Gasteiger partial charge in [0.2, 0.25) is 0 Å². The zero-order chi connectivity index (χ0) is 10.6. The largest absolute Gasteiger partial charge is 0.303 e. The van der Waals surface area contributed by atoms with Gasteiger partial charge in [-0.15, -0.1) is 0 Å². The summed E-state index contributed by atoms with van der Waals surface area (Å²) in [5.74, 6) is 1.67. The van der Waals surface area contributed by atoms with Crippen LogP contribution in [0, 0.1) is 11.8 Å². The van der Waals surface area contributed by atoms with Crippen molar-refractivity contribution in [2.75, 3.05) is 19.6 Å². The summed E-state index contributed by atoms with van der Waals surface area (Å²) in [6, 6.07) is 0. The van der Waals surface area contributed by atoms with E-state index < -0.39 is 0 Å². The molecule has 1 aliphatic heterocycles. The molecule has 0 aromatic heterocycles. The predicted molar refractivity (Wildman–Crippen MR) is 63.4 cm³/mol. The van der Waals surface area contributed by atoms with Crippen LogP contribution >= 0.6 is 0 Å². The number of piperidine rings is 1. The molecule has 0 spiro atoms. The molecule has 1 heteroatoms. The molecule has 0 radical (unpaired) electrons. The number of likely N-dealkylation sites (tertiary alicyclic amines) is 1. The summed E-state index contributed by atoms with van der Waals surface area (Å²) in [7, 11) is 0. The summed E-state index contributed by atoms with van der Waals surface area (Å²) in [5, 5.41) is 0. The Hall–Kier alpha value is -0.300. The molecule has 1 saturated heterocycles. The third-order valence-corrected chi connectivity index (χ3v) is 2.82. The Morgan fingerprint density at radius 3 is 2.29 bits per heavy atom. The molecule has 0 unspecified atom stereocenters. The van der Waals surface area contributed by atoms with E-state index in [9.17, 15) is 0 Å². The van der Waals surface area contributed by atoms with E-state index in [0.717, 1.165) is 11.8 Å². The monoisotopic (exact) mass is 195 g/mol. The maximum atomic E-state index is 2.61. The molecule has 0 aromatic carbocycles. The first-order valence-corrected chi connectivity index (χ1v) is 5.95. The minimum absolute atomic E-state index is 0.815. The van der Waals surface area contributed by atoms with Crippen LogP contribution in [0.2, 0.25) is 0 Å². The zero-order valence-corrected chi connectivity index (χ0v) is 10.2. The second-order valence-electron chi connectivity index (χ2n) is 5.28. The molecule has 1 aliphatic rings. The molecule has 1 rings (SSSR count). The van der Waals surface area contributed by atoms with Gasteiger partial charge in [0.25, 0.3) is 0 Å². The highest BCUT2D eigenvalue weighted by molar-refractivity contribution is 4.98. The van der Waals surface area contributed by atoms with Crippen molar-refractivity contribution in [1.29, 1.82) is 0 Å². The Balaban J connectivity index is 2.28. The highest BCUT2D eigenvalue weighted by Gasteiger charge is 2.17. The van der Waals surface area contributed by atoms with Gasteiger partial charge in [-0.2, -0.15) is 0 Å². The van der Waals surface area contributed by atoms with E-state index in [4.69, 9.17) is 0 Å². The van der Waals surface area contributed by atoms with Gasteiger partial charge in [-0.3, -0.25) is 0 Å². The zero-order valence-electron chi connectivity index (χ0n) is 10.2. The van der Waals surface area contributed by atoms with Crippen LogP contribution in [-0.4, -0.2) is 24.5 Å². The van der Waals surface area contributed by atoms with Crippen molar-refractivity contribution >= 4 is 0 Å². The third-order valence-electron chi connectivity index (χ3n) is 2.82. The maximum Gasteiger partial charge on any atom is 0.000439 e.